The van der Waals surface area contributed by atoms with Gasteiger partial charge in [-0.1, -0.05) is 54.1 Å². The second kappa shape index (κ2) is 9.53. The van der Waals surface area contributed by atoms with Crippen molar-refractivity contribution in [2.24, 2.45) is 0 Å². The van der Waals surface area contributed by atoms with E-state index in [0.29, 0.717) is 27.9 Å². The van der Waals surface area contributed by atoms with Gasteiger partial charge in [0.25, 0.3) is 5.91 Å². The highest BCUT2D eigenvalue weighted by molar-refractivity contribution is 7.17. The van der Waals surface area contributed by atoms with Crippen molar-refractivity contribution in [2.75, 3.05) is 20.8 Å². The Labute approximate surface area is 208 Å². The molecule has 1 atom stereocenters. The zero-order valence-corrected chi connectivity index (χ0v) is 20.5. The van der Waals surface area contributed by atoms with Crippen LogP contribution in [0.15, 0.2) is 78.9 Å². The Hall–Kier alpha value is -3.28. The number of benzene rings is 3. The van der Waals surface area contributed by atoms with Crippen LogP contribution in [0.25, 0.3) is 10.4 Å². The second-order valence-electron chi connectivity index (χ2n) is 8.14. The number of thiophene rings is 1. The summed E-state index contributed by atoms with van der Waals surface area (Å²) in [6.45, 7) is 0.616. The van der Waals surface area contributed by atoms with Crippen molar-refractivity contribution < 1.29 is 14.3 Å². The number of ether oxygens (including phenoxy) is 2. The van der Waals surface area contributed by atoms with Gasteiger partial charge in [0.15, 0.2) is 11.5 Å². The molecule has 0 aliphatic carbocycles. The smallest absolute Gasteiger partial charge is 0.264 e. The molecule has 1 aromatic heterocycles. The number of amides is 1. The first kappa shape index (κ1) is 22.5. The lowest BCUT2D eigenvalue weighted by atomic mass is 9.87. The molecule has 0 saturated carbocycles. The molecule has 172 valence electrons. The molecule has 0 radical (unpaired) electrons. The summed E-state index contributed by atoms with van der Waals surface area (Å²) in [5.74, 6) is 1.39. The van der Waals surface area contributed by atoms with E-state index in [1.165, 1.54) is 16.9 Å². The first-order chi connectivity index (χ1) is 16.6. The highest BCUT2D eigenvalue weighted by atomic mass is 35.5. The lowest BCUT2D eigenvalue weighted by Gasteiger charge is -2.38. The van der Waals surface area contributed by atoms with Crippen molar-refractivity contribution >= 4 is 28.8 Å². The van der Waals surface area contributed by atoms with E-state index in [-0.39, 0.29) is 11.9 Å². The molecule has 0 saturated heterocycles. The Morgan fingerprint density at radius 2 is 1.71 bits per heavy atom. The fourth-order valence-corrected chi connectivity index (χ4v) is 5.70. The first-order valence-electron chi connectivity index (χ1n) is 11.1. The molecule has 6 heteroatoms. The number of hydrogen-bond acceptors (Lipinski definition) is 4. The predicted molar refractivity (Wildman–Crippen MR) is 137 cm³/mol. The molecule has 5 rings (SSSR count). The summed E-state index contributed by atoms with van der Waals surface area (Å²) in [6.07, 6.45) is 0.747. The summed E-state index contributed by atoms with van der Waals surface area (Å²) in [7, 11) is 3.28. The summed E-state index contributed by atoms with van der Waals surface area (Å²) in [4.78, 5) is 17.5. The van der Waals surface area contributed by atoms with Crippen molar-refractivity contribution in [3.05, 3.63) is 105 Å². The summed E-state index contributed by atoms with van der Waals surface area (Å²) in [5, 5.41) is 0.680. The standard InChI is InChI=1S/C28H24ClNO3S/c1-32-23-16-19-13-14-30(27(18-7-4-3-5-8-18)22(19)17-24(23)33-2)28(31)26-12-11-25(34-26)20-9-6-10-21(29)15-20/h3-12,15-17,27H,13-14H2,1-2H3/t27-/m1/s1. The molecular formula is C28H24ClNO3S. The molecule has 34 heavy (non-hydrogen) atoms. The predicted octanol–water partition coefficient (Wildman–Crippen LogP) is 6.87. The molecule has 4 aromatic rings. The summed E-state index contributed by atoms with van der Waals surface area (Å²) < 4.78 is 11.1. The van der Waals surface area contributed by atoms with E-state index in [9.17, 15) is 4.79 Å². The molecule has 2 heterocycles. The maximum absolute atomic E-state index is 13.8. The fraction of sp³-hybridized carbons (Fsp3) is 0.179. The molecule has 0 N–H and O–H groups in total. The molecule has 0 unspecified atom stereocenters. The van der Waals surface area contributed by atoms with Gasteiger partial charge in [-0.2, -0.15) is 0 Å². The van der Waals surface area contributed by atoms with Crippen LogP contribution in [-0.4, -0.2) is 31.6 Å². The number of fused-ring (bicyclic) bond motifs is 1. The SMILES string of the molecule is COc1cc2c(cc1OC)[C@@H](c1ccccc1)N(C(=O)c1ccc(-c3cccc(Cl)c3)s1)CC2. The topological polar surface area (TPSA) is 38.8 Å². The number of carbonyl (C=O) groups excluding carboxylic acids is 1. The highest BCUT2D eigenvalue weighted by Gasteiger charge is 2.34. The maximum atomic E-state index is 13.8. The lowest BCUT2D eigenvalue weighted by molar-refractivity contribution is 0.0699. The van der Waals surface area contributed by atoms with Crippen molar-refractivity contribution in [2.45, 2.75) is 12.5 Å². The number of rotatable bonds is 5. The average molecular weight is 490 g/mol. The van der Waals surface area contributed by atoms with Crippen molar-refractivity contribution in [3.63, 3.8) is 0 Å². The van der Waals surface area contributed by atoms with Gasteiger partial charge in [-0.25, -0.2) is 0 Å². The van der Waals surface area contributed by atoms with Crippen LogP contribution < -0.4 is 9.47 Å². The van der Waals surface area contributed by atoms with Crippen LogP contribution in [0, 0.1) is 0 Å². The van der Waals surface area contributed by atoms with E-state index in [1.54, 1.807) is 14.2 Å². The number of methoxy groups -OCH3 is 2. The summed E-state index contributed by atoms with van der Waals surface area (Å²) >= 11 is 7.67. The Morgan fingerprint density at radius 1 is 0.941 bits per heavy atom. The Bertz CT molecular complexity index is 1330. The Balaban J connectivity index is 1.55. The van der Waals surface area contributed by atoms with E-state index in [0.717, 1.165) is 28.0 Å². The van der Waals surface area contributed by atoms with E-state index < -0.39 is 0 Å². The molecule has 4 nitrogen and oxygen atoms in total. The Morgan fingerprint density at radius 3 is 2.44 bits per heavy atom. The minimum absolute atomic E-state index is 0.0209. The van der Waals surface area contributed by atoms with Crippen LogP contribution in [0.3, 0.4) is 0 Å². The molecule has 1 aliphatic heterocycles. The third-order valence-corrected chi connectivity index (χ3v) is 7.53. The molecule has 1 amide bonds. The van der Waals surface area contributed by atoms with E-state index in [1.807, 2.05) is 71.6 Å². The van der Waals surface area contributed by atoms with Crippen molar-refractivity contribution in [1.29, 1.82) is 0 Å². The van der Waals surface area contributed by atoms with Crippen LogP contribution in [0.4, 0.5) is 0 Å². The monoisotopic (exact) mass is 489 g/mol. The first-order valence-corrected chi connectivity index (χ1v) is 12.2. The van der Waals surface area contributed by atoms with Gasteiger partial charge in [-0.3, -0.25) is 4.79 Å². The average Bonchev–Trinajstić information content (AvgIpc) is 3.37. The minimum atomic E-state index is -0.214. The van der Waals surface area contributed by atoms with Gasteiger partial charge >= 0.3 is 0 Å². The molecule has 3 aromatic carbocycles. The van der Waals surface area contributed by atoms with Crippen LogP contribution in [0.2, 0.25) is 5.02 Å². The molecule has 0 bridgehead atoms. The molecule has 1 aliphatic rings. The number of hydrogen-bond donors (Lipinski definition) is 0. The van der Waals surface area contributed by atoms with Crippen molar-refractivity contribution in [1.82, 2.24) is 4.90 Å². The normalized spacial score (nSPS) is 15.0. The largest absolute Gasteiger partial charge is 0.493 e. The Kier molecular flexibility index (Phi) is 6.31. The minimum Gasteiger partial charge on any atom is -0.493 e. The second-order valence-corrected chi connectivity index (χ2v) is 9.66. The van der Waals surface area contributed by atoms with Crippen LogP contribution in [-0.2, 0) is 6.42 Å². The lowest BCUT2D eigenvalue weighted by Crippen LogP contribution is -2.40. The van der Waals surface area contributed by atoms with Gasteiger partial charge in [-0.15, -0.1) is 11.3 Å². The van der Waals surface area contributed by atoms with Gasteiger partial charge in [0.05, 0.1) is 25.1 Å². The van der Waals surface area contributed by atoms with E-state index in [4.69, 9.17) is 21.1 Å². The van der Waals surface area contributed by atoms with Crippen LogP contribution in [0.1, 0.15) is 32.4 Å². The number of nitrogens with zero attached hydrogens (tertiary/aromatic N) is 1. The van der Waals surface area contributed by atoms with Crippen LogP contribution in [0.5, 0.6) is 11.5 Å². The molecule has 0 spiro atoms. The highest BCUT2D eigenvalue weighted by Crippen LogP contribution is 2.42. The van der Waals surface area contributed by atoms with Gasteiger partial charge in [0, 0.05) is 16.4 Å². The fourth-order valence-electron chi connectivity index (χ4n) is 4.55. The van der Waals surface area contributed by atoms with E-state index >= 15 is 0 Å². The van der Waals surface area contributed by atoms with Crippen LogP contribution >= 0.6 is 22.9 Å². The van der Waals surface area contributed by atoms with Gasteiger partial charge in [0.2, 0.25) is 0 Å². The third kappa shape index (κ3) is 4.17. The zero-order chi connectivity index (χ0) is 23.7. The van der Waals surface area contributed by atoms with E-state index in [2.05, 4.69) is 12.1 Å². The quantitative estimate of drug-likeness (QED) is 0.307. The molecule has 0 fully saturated rings. The molecular weight excluding hydrogens is 466 g/mol. The summed E-state index contributed by atoms with van der Waals surface area (Å²) in [5.41, 5.74) is 4.31. The van der Waals surface area contributed by atoms with Gasteiger partial charge in [0.1, 0.15) is 0 Å². The number of carbonyl (C=O) groups is 1. The van der Waals surface area contributed by atoms with Crippen molar-refractivity contribution in [3.8, 4) is 21.9 Å². The van der Waals surface area contributed by atoms with Gasteiger partial charge < -0.3 is 14.4 Å². The zero-order valence-electron chi connectivity index (χ0n) is 19.0. The summed E-state index contributed by atoms with van der Waals surface area (Å²) in [6, 6.07) is 25.6. The number of halogens is 1. The maximum Gasteiger partial charge on any atom is 0.264 e. The third-order valence-electron chi connectivity index (χ3n) is 6.18. The van der Waals surface area contributed by atoms with Gasteiger partial charge in [-0.05, 0) is 65.1 Å².